The first-order valence-corrected chi connectivity index (χ1v) is 18.1. The number of nitrogens with one attached hydrogen (secondary N) is 2. The second-order valence-electron chi connectivity index (χ2n) is 12.9. The van der Waals surface area contributed by atoms with Crippen LogP contribution in [0.15, 0.2) is 170 Å². The Bertz CT molecular complexity index is 2260. The average Bonchev–Trinajstić information content (AvgIpc) is 3.54. The van der Waals surface area contributed by atoms with Crippen molar-refractivity contribution in [1.29, 1.82) is 0 Å². The number of hydrogen-bond acceptors (Lipinski definition) is 5. The highest BCUT2D eigenvalue weighted by atomic mass is 32.1. The maximum absolute atomic E-state index is 6.80. The first-order valence-electron chi connectivity index (χ1n) is 17.3. The fourth-order valence-electron chi connectivity index (χ4n) is 6.89. The van der Waals surface area contributed by atoms with Crippen LogP contribution in [0.2, 0.25) is 0 Å². The summed E-state index contributed by atoms with van der Waals surface area (Å²) in [5.41, 5.74) is 9.44. The molecule has 4 nitrogen and oxygen atoms in total. The second-order valence-corrected chi connectivity index (χ2v) is 14.0. The van der Waals surface area contributed by atoms with Gasteiger partial charge in [-0.25, -0.2) is 5.01 Å². The van der Waals surface area contributed by atoms with Crippen molar-refractivity contribution in [3.05, 3.63) is 192 Å². The lowest BCUT2D eigenvalue weighted by molar-refractivity contribution is 0.158. The van der Waals surface area contributed by atoms with Gasteiger partial charge in [0, 0.05) is 50.6 Å². The molecule has 0 aliphatic heterocycles. The van der Waals surface area contributed by atoms with Gasteiger partial charge in [-0.05, 0) is 70.1 Å². The molecule has 2 atom stereocenters. The van der Waals surface area contributed by atoms with Gasteiger partial charge in [0.05, 0.1) is 6.17 Å². The smallest absolute Gasteiger partial charge is 0.0996 e. The van der Waals surface area contributed by atoms with E-state index in [1.54, 1.807) is 0 Å². The minimum atomic E-state index is -0.175. The number of allylic oxidation sites excluding steroid dienone is 4. The topological polar surface area (TPSA) is 53.3 Å². The predicted octanol–water partition coefficient (Wildman–Crippen LogP) is 11.2. The molecule has 7 aromatic rings. The van der Waals surface area contributed by atoms with Crippen molar-refractivity contribution in [3.63, 3.8) is 0 Å². The Balaban J connectivity index is 1.02. The Hall–Kier alpha value is -5.30. The molecule has 1 aliphatic rings. The monoisotopic (exact) mass is 668 g/mol. The maximum Gasteiger partial charge on any atom is 0.0996 e. The number of thiophene rings is 1. The van der Waals surface area contributed by atoms with Gasteiger partial charge in [0.1, 0.15) is 0 Å². The van der Waals surface area contributed by atoms with Gasteiger partial charge in [-0.15, -0.1) is 11.3 Å². The predicted molar refractivity (Wildman–Crippen MR) is 212 cm³/mol. The van der Waals surface area contributed by atoms with Crippen molar-refractivity contribution < 1.29 is 0 Å². The summed E-state index contributed by atoms with van der Waals surface area (Å²) in [6.07, 6.45) is 9.72. The van der Waals surface area contributed by atoms with Crippen molar-refractivity contribution in [2.24, 2.45) is 5.84 Å². The summed E-state index contributed by atoms with van der Waals surface area (Å²) in [4.78, 5) is 0. The molecule has 2 unspecified atom stereocenters. The lowest BCUT2D eigenvalue weighted by Gasteiger charge is -2.29. The van der Waals surface area contributed by atoms with Crippen LogP contribution in [0, 0.1) is 0 Å². The number of hydrogen-bond donors (Lipinski definition) is 3. The van der Waals surface area contributed by atoms with Gasteiger partial charge >= 0.3 is 0 Å². The fraction of sp³-hybridized carbons (Fsp3) is 0.111. The van der Waals surface area contributed by atoms with Crippen molar-refractivity contribution in [2.75, 3.05) is 5.32 Å². The van der Waals surface area contributed by atoms with Crippen molar-refractivity contribution in [3.8, 4) is 11.1 Å². The van der Waals surface area contributed by atoms with Crippen molar-refractivity contribution in [1.82, 2.24) is 10.3 Å². The van der Waals surface area contributed by atoms with Gasteiger partial charge in [-0.1, -0.05) is 140 Å². The molecule has 1 heterocycles. The van der Waals surface area contributed by atoms with Crippen LogP contribution in [-0.2, 0) is 13.1 Å². The van der Waals surface area contributed by atoms with Crippen LogP contribution in [0.4, 0.5) is 11.4 Å². The van der Waals surface area contributed by atoms with E-state index in [-0.39, 0.29) is 6.17 Å². The first-order chi connectivity index (χ1) is 24.7. The van der Waals surface area contributed by atoms with Gasteiger partial charge < -0.3 is 5.32 Å². The molecule has 5 heteroatoms. The van der Waals surface area contributed by atoms with Crippen LogP contribution < -0.4 is 16.5 Å². The second kappa shape index (κ2) is 14.7. The van der Waals surface area contributed by atoms with E-state index in [0.717, 1.165) is 17.7 Å². The SMILES string of the molecule is NN(Cc1ccccc1)C(NCc1ccc(Nc2cc3sc4ccccc4c3cc2C2C=CC=CC2)cc1)c1ccc(-c2ccccc2)cc1. The Morgan fingerprint density at radius 3 is 2.16 bits per heavy atom. The molecule has 0 fully saturated rings. The minimum absolute atomic E-state index is 0.175. The molecule has 6 aromatic carbocycles. The Kier molecular flexibility index (Phi) is 9.37. The molecule has 4 N–H and O–H groups in total. The summed E-state index contributed by atoms with van der Waals surface area (Å²) in [7, 11) is 0. The van der Waals surface area contributed by atoms with E-state index < -0.39 is 0 Å². The molecule has 0 amide bonds. The highest BCUT2D eigenvalue weighted by Crippen LogP contribution is 2.41. The molecule has 1 aliphatic carbocycles. The number of fused-ring (bicyclic) bond motifs is 3. The quantitative estimate of drug-likeness (QED) is 0.0729. The van der Waals surface area contributed by atoms with Gasteiger partial charge in [0.15, 0.2) is 0 Å². The summed E-state index contributed by atoms with van der Waals surface area (Å²) in [6, 6.07) is 51.8. The zero-order chi connectivity index (χ0) is 33.7. The number of anilines is 2. The van der Waals surface area contributed by atoms with Crippen LogP contribution >= 0.6 is 11.3 Å². The van der Waals surface area contributed by atoms with E-state index in [1.807, 2.05) is 28.5 Å². The highest BCUT2D eigenvalue weighted by Gasteiger charge is 2.19. The van der Waals surface area contributed by atoms with E-state index in [0.29, 0.717) is 19.0 Å². The summed E-state index contributed by atoms with van der Waals surface area (Å²) >= 11 is 1.86. The molecule has 246 valence electrons. The Labute approximate surface area is 298 Å². The molecule has 0 bridgehead atoms. The first kappa shape index (κ1) is 31.9. The average molecular weight is 669 g/mol. The van der Waals surface area contributed by atoms with Crippen LogP contribution in [0.25, 0.3) is 31.3 Å². The lowest BCUT2D eigenvalue weighted by Crippen LogP contribution is -2.42. The number of nitrogens with zero attached hydrogens (tertiary/aromatic N) is 1. The zero-order valence-electron chi connectivity index (χ0n) is 27.9. The van der Waals surface area contributed by atoms with Gasteiger partial charge in [0.2, 0.25) is 0 Å². The van der Waals surface area contributed by atoms with E-state index in [2.05, 4.69) is 168 Å². The van der Waals surface area contributed by atoms with Gasteiger partial charge in [0.25, 0.3) is 0 Å². The van der Waals surface area contributed by atoms with E-state index in [1.165, 1.54) is 53.7 Å². The summed E-state index contributed by atoms with van der Waals surface area (Å²) < 4.78 is 2.63. The van der Waals surface area contributed by atoms with Crippen LogP contribution in [0.1, 0.15) is 40.8 Å². The molecular formula is C45H40N4S. The number of benzene rings is 6. The summed E-state index contributed by atoms with van der Waals surface area (Å²) in [5.74, 6) is 7.13. The molecule has 50 heavy (non-hydrogen) atoms. The van der Waals surface area contributed by atoms with Gasteiger partial charge in [-0.2, -0.15) is 0 Å². The Morgan fingerprint density at radius 2 is 1.40 bits per heavy atom. The number of rotatable bonds is 11. The Morgan fingerprint density at radius 1 is 0.680 bits per heavy atom. The largest absolute Gasteiger partial charge is 0.355 e. The van der Waals surface area contributed by atoms with E-state index in [9.17, 15) is 0 Å². The normalized spacial score (nSPS) is 14.8. The molecule has 0 saturated carbocycles. The molecule has 1 aromatic heterocycles. The third-order valence-electron chi connectivity index (χ3n) is 9.53. The minimum Gasteiger partial charge on any atom is -0.355 e. The molecule has 0 radical (unpaired) electrons. The molecule has 0 spiro atoms. The fourth-order valence-corrected chi connectivity index (χ4v) is 8.02. The maximum atomic E-state index is 6.80. The van der Waals surface area contributed by atoms with Crippen molar-refractivity contribution >= 4 is 42.9 Å². The molecule has 8 rings (SSSR count). The third kappa shape index (κ3) is 7.04. The highest BCUT2D eigenvalue weighted by molar-refractivity contribution is 7.25. The summed E-state index contributed by atoms with van der Waals surface area (Å²) in [5, 5.41) is 12.1. The molecule has 0 saturated heterocycles. The number of nitrogens with two attached hydrogens (primary N) is 1. The summed E-state index contributed by atoms with van der Waals surface area (Å²) in [6.45, 7) is 1.30. The van der Waals surface area contributed by atoms with Gasteiger partial charge in [-0.3, -0.25) is 11.2 Å². The van der Waals surface area contributed by atoms with E-state index >= 15 is 0 Å². The zero-order valence-corrected chi connectivity index (χ0v) is 28.7. The van der Waals surface area contributed by atoms with Crippen LogP contribution in [0.3, 0.4) is 0 Å². The number of hydrazine groups is 1. The van der Waals surface area contributed by atoms with Crippen LogP contribution in [-0.4, -0.2) is 5.01 Å². The standard InChI is InChI=1S/C45H40N4S/c46-49(31-33-12-4-1-5-13-33)45(37-24-22-35(23-25-37)34-14-6-2-7-15-34)47-30-32-20-26-38(27-21-32)48-42-29-44-41(39-18-10-11-19-43(39)50-44)28-40(42)36-16-8-3-9-17-36/h1-16,18-29,36,45,47-48H,17,30-31,46H2. The van der Waals surface area contributed by atoms with Crippen molar-refractivity contribution in [2.45, 2.75) is 31.6 Å². The van der Waals surface area contributed by atoms with E-state index in [4.69, 9.17) is 5.84 Å². The van der Waals surface area contributed by atoms with Crippen LogP contribution in [0.5, 0.6) is 0 Å². The molecular weight excluding hydrogens is 629 g/mol. The third-order valence-corrected chi connectivity index (χ3v) is 10.7. The lowest BCUT2D eigenvalue weighted by atomic mass is 9.90.